The van der Waals surface area contributed by atoms with E-state index in [0.717, 1.165) is 17.7 Å². The number of pyridine rings is 2. The Morgan fingerprint density at radius 2 is 1.94 bits per heavy atom. The van der Waals surface area contributed by atoms with Crippen molar-refractivity contribution in [3.63, 3.8) is 0 Å². The van der Waals surface area contributed by atoms with Crippen LogP contribution >= 0.6 is 0 Å². The molecule has 1 unspecified atom stereocenters. The quantitative estimate of drug-likeness (QED) is 0.593. The Labute approximate surface area is 94.5 Å². The maximum atomic E-state index is 5.55. The lowest BCUT2D eigenvalue weighted by Gasteiger charge is -2.15. The fraction of sp³-hybridized carbons (Fsp3) is 0.167. The molecule has 82 valence electrons. The van der Waals surface area contributed by atoms with Gasteiger partial charge in [0.15, 0.2) is 0 Å². The van der Waals surface area contributed by atoms with E-state index in [2.05, 4.69) is 15.4 Å². The van der Waals surface area contributed by atoms with Crippen LogP contribution in [0, 0.1) is 0 Å². The Bertz CT molecular complexity index is 416. The lowest BCUT2D eigenvalue weighted by Crippen LogP contribution is -2.29. The normalized spacial score (nSPS) is 12.3. The standard InChI is InChI=1S/C12H14N4/c13-16-12(10-4-7-14-8-5-10)9-11-3-1-2-6-15-11/h1-8,12,16H,9,13H2. The molecular formula is C12H14N4. The van der Waals surface area contributed by atoms with Crippen LogP contribution in [0.1, 0.15) is 17.3 Å². The van der Waals surface area contributed by atoms with Crippen LogP contribution in [0.5, 0.6) is 0 Å². The van der Waals surface area contributed by atoms with Gasteiger partial charge in [0.25, 0.3) is 0 Å². The van der Waals surface area contributed by atoms with Gasteiger partial charge in [-0.3, -0.25) is 21.2 Å². The van der Waals surface area contributed by atoms with E-state index in [9.17, 15) is 0 Å². The molecule has 0 saturated heterocycles. The monoisotopic (exact) mass is 214 g/mol. The van der Waals surface area contributed by atoms with Crippen LogP contribution in [0.3, 0.4) is 0 Å². The molecule has 0 saturated carbocycles. The highest BCUT2D eigenvalue weighted by Crippen LogP contribution is 2.15. The Balaban J connectivity index is 2.13. The lowest BCUT2D eigenvalue weighted by atomic mass is 10.0. The number of nitrogens with one attached hydrogen (secondary N) is 1. The van der Waals surface area contributed by atoms with E-state index in [4.69, 9.17) is 5.84 Å². The molecular weight excluding hydrogens is 200 g/mol. The first-order valence-corrected chi connectivity index (χ1v) is 5.16. The van der Waals surface area contributed by atoms with Crippen LogP contribution in [0.25, 0.3) is 0 Å². The van der Waals surface area contributed by atoms with Gasteiger partial charge in [-0.15, -0.1) is 0 Å². The minimum Gasteiger partial charge on any atom is -0.271 e. The molecule has 16 heavy (non-hydrogen) atoms. The van der Waals surface area contributed by atoms with Crippen molar-refractivity contribution in [3.05, 3.63) is 60.2 Å². The van der Waals surface area contributed by atoms with Crippen molar-refractivity contribution in [2.75, 3.05) is 0 Å². The first-order valence-electron chi connectivity index (χ1n) is 5.16. The van der Waals surface area contributed by atoms with Gasteiger partial charge >= 0.3 is 0 Å². The van der Waals surface area contributed by atoms with Crippen molar-refractivity contribution in [1.29, 1.82) is 0 Å². The molecule has 3 N–H and O–H groups in total. The molecule has 0 radical (unpaired) electrons. The zero-order valence-electron chi connectivity index (χ0n) is 8.88. The van der Waals surface area contributed by atoms with E-state index in [1.807, 2.05) is 30.3 Å². The maximum absolute atomic E-state index is 5.55. The van der Waals surface area contributed by atoms with E-state index in [0.29, 0.717) is 0 Å². The Hall–Kier alpha value is -1.78. The predicted octanol–water partition coefficient (Wildman–Crippen LogP) is 1.22. The van der Waals surface area contributed by atoms with Crippen LogP contribution in [0.15, 0.2) is 48.9 Å². The summed E-state index contributed by atoms with van der Waals surface area (Å²) in [4.78, 5) is 8.27. The molecule has 0 bridgehead atoms. The highest BCUT2D eigenvalue weighted by atomic mass is 15.2. The summed E-state index contributed by atoms with van der Waals surface area (Å²) in [6.07, 6.45) is 6.08. The van der Waals surface area contributed by atoms with Gasteiger partial charge in [0.2, 0.25) is 0 Å². The summed E-state index contributed by atoms with van der Waals surface area (Å²) < 4.78 is 0. The SMILES string of the molecule is NNC(Cc1ccccn1)c1ccncc1. The van der Waals surface area contributed by atoms with Gasteiger partial charge in [0.1, 0.15) is 0 Å². The van der Waals surface area contributed by atoms with Crippen LogP contribution in [-0.2, 0) is 6.42 Å². The van der Waals surface area contributed by atoms with Crippen LogP contribution < -0.4 is 11.3 Å². The summed E-state index contributed by atoms with van der Waals surface area (Å²) in [6, 6.07) is 9.84. The average molecular weight is 214 g/mol. The number of rotatable bonds is 4. The van der Waals surface area contributed by atoms with Crippen LogP contribution in [-0.4, -0.2) is 9.97 Å². The fourth-order valence-electron chi connectivity index (χ4n) is 1.60. The Kier molecular flexibility index (Phi) is 3.58. The molecule has 2 rings (SSSR count). The third-order valence-electron chi connectivity index (χ3n) is 2.45. The molecule has 2 aromatic heterocycles. The predicted molar refractivity (Wildman–Crippen MR) is 62.2 cm³/mol. The lowest BCUT2D eigenvalue weighted by molar-refractivity contribution is 0.545. The van der Waals surface area contributed by atoms with E-state index < -0.39 is 0 Å². The Morgan fingerprint density at radius 3 is 2.56 bits per heavy atom. The number of hydrazine groups is 1. The highest BCUT2D eigenvalue weighted by Gasteiger charge is 2.10. The van der Waals surface area contributed by atoms with Crippen LogP contribution in [0.2, 0.25) is 0 Å². The van der Waals surface area contributed by atoms with Gasteiger partial charge in [0.05, 0.1) is 6.04 Å². The van der Waals surface area contributed by atoms with E-state index in [1.54, 1.807) is 18.6 Å². The minimum absolute atomic E-state index is 0.0675. The smallest absolute Gasteiger partial charge is 0.0516 e. The Morgan fingerprint density at radius 1 is 1.12 bits per heavy atom. The minimum atomic E-state index is 0.0675. The molecule has 0 aliphatic carbocycles. The summed E-state index contributed by atoms with van der Waals surface area (Å²) in [7, 11) is 0. The molecule has 2 aromatic rings. The van der Waals surface area contributed by atoms with Gasteiger partial charge in [-0.05, 0) is 29.8 Å². The highest BCUT2D eigenvalue weighted by molar-refractivity contribution is 5.18. The summed E-state index contributed by atoms with van der Waals surface area (Å²) in [5.41, 5.74) is 4.93. The van der Waals surface area contributed by atoms with Crippen molar-refractivity contribution < 1.29 is 0 Å². The maximum Gasteiger partial charge on any atom is 0.0516 e. The molecule has 4 nitrogen and oxygen atoms in total. The number of aromatic nitrogens is 2. The van der Waals surface area contributed by atoms with E-state index >= 15 is 0 Å². The number of nitrogens with zero attached hydrogens (tertiary/aromatic N) is 2. The molecule has 0 aliphatic heterocycles. The second kappa shape index (κ2) is 5.34. The zero-order chi connectivity index (χ0) is 11.2. The van der Waals surface area contributed by atoms with Crippen molar-refractivity contribution >= 4 is 0 Å². The van der Waals surface area contributed by atoms with Gasteiger partial charge in [-0.2, -0.15) is 0 Å². The first kappa shape index (κ1) is 10.7. The van der Waals surface area contributed by atoms with Gasteiger partial charge < -0.3 is 0 Å². The third kappa shape index (κ3) is 2.62. The molecule has 4 heteroatoms. The van der Waals surface area contributed by atoms with E-state index in [1.165, 1.54) is 0 Å². The zero-order valence-corrected chi connectivity index (χ0v) is 8.88. The molecule has 2 heterocycles. The molecule has 0 amide bonds. The number of hydrogen-bond acceptors (Lipinski definition) is 4. The van der Waals surface area contributed by atoms with Gasteiger partial charge in [-0.1, -0.05) is 6.07 Å². The van der Waals surface area contributed by atoms with Crippen molar-refractivity contribution in [2.45, 2.75) is 12.5 Å². The topological polar surface area (TPSA) is 63.8 Å². The molecule has 0 aliphatic rings. The van der Waals surface area contributed by atoms with Crippen molar-refractivity contribution in [2.24, 2.45) is 5.84 Å². The number of nitrogens with two attached hydrogens (primary N) is 1. The van der Waals surface area contributed by atoms with E-state index in [-0.39, 0.29) is 6.04 Å². The molecule has 0 fully saturated rings. The molecule has 0 spiro atoms. The third-order valence-corrected chi connectivity index (χ3v) is 2.45. The summed E-state index contributed by atoms with van der Waals surface area (Å²) >= 11 is 0. The summed E-state index contributed by atoms with van der Waals surface area (Å²) in [5.74, 6) is 5.55. The number of hydrogen-bond donors (Lipinski definition) is 2. The largest absolute Gasteiger partial charge is 0.271 e. The van der Waals surface area contributed by atoms with Crippen molar-refractivity contribution in [1.82, 2.24) is 15.4 Å². The molecule has 1 atom stereocenters. The van der Waals surface area contributed by atoms with Crippen molar-refractivity contribution in [3.8, 4) is 0 Å². The first-order chi connectivity index (χ1) is 7.90. The summed E-state index contributed by atoms with van der Waals surface area (Å²) in [5, 5.41) is 0. The fourth-order valence-corrected chi connectivity index (χ4v) is 1.60. The van der Waals surface area contributed by atoms with Gasteiger partial charge in [0, 0.05) is 30.7 Å². The van der Waals surface area contributed by atoms with Gasteiger partial charge in [-0.25, -0.2) is 0 Å². The summed E-state index contributed by atoms with van der Waals surface area (Å²) in [6.45, 7) is 0. The second-order valence-electron chi connectivity index (χ2n) is 3.52. The second-order valence-corrected chi connectivity index (χ2v) is 3.52. The van der Waals surface area contributed by atoms with Crippen LogP contribution in [0.4, 0.5) is 0 Å². The molecule has 0 aromatic carbocycles. The average Bonchev–Trinajstić information content (AvgIpc) is 2.38.